The number of imide groups is 1. The highest BCUT2D eigenvalue weighted by molar-refractivity contribution is 7.99. The van der Waals surface area contributed by atoms with E-state index < -0.39 is 0 Å². The summed E-state index contributed by atoms with van der Waals surface area (Å²) in [5, 5.41) is 0. The molecule has 0 aromatic heterocycles. The van der Waals surface area contributed by atoms with E-state index in [1.807, 2.05) is 11.8 Å². The van der Waals surface area contributed by atoms with E-state index in [0.29, 0.717) is 5.57 Å². The Morgan fingerprint density at radius 2 is 2.29 bits per heavy atom. The summed E-state index contributed by atoms with van der Waals surface area (Å²) in [5.74, 6) is 1.83. The van der Waals surface area contributed by atoms with Gasteiger partial charge >= 0.3 is 0 Å². The fraction of sp³-hybridized carbons (Fsp3) is 0.600. The van der Waals surface area contributed by atoms with Crippen LogP contribution in [0.3, 0.4) is 0 Å². The van der Waals surface area contributed by atoms with Crippen LogP contribution in [0.15, 0.2) is 11.6 Å². The zero-order valence-electron chi connectivity index (χ0n) is 8.16. The van der Waals surface area contributed by atoms with Crippen LogP contribution >= 0.6 is 11.8 Å². The van der Waals surface area contributed by atoms with E-state index in [9.17, 15) is 9.59 Å². The van der Waals surface area contributed by atoms with Crippen molar-refractivity contribution >= 4 is 23.6 Å². The number of amides is 2. The van der Waals surface area contributed by atoms with Crippen LogP contribution in [0.5, 0.6) is 0 Å². The molecule has 2 amide bonds. The molecule has 2 rings (SSSR count). The van der Waals surface area contributed by atoms with E-state index in [1.54, 1.807) is 6.92 Å². The zero-order valence-corrected chi connectivity index (χ0v) is 8.97. The Bertz CT molecular complexity index is 305. The van der Waals surface area contributed by atoms with Crippen LogP contribution in [0.1, 0.15) is 19.8 Å². The summed E-state index contributed by atoms with van der Waals surface area (Å²) in [6.07, 6.45) is 3.51. The Morgan fingerprint density at radius 3 is 2.79 bits per heavy atom. The fourth-order valence-electron chi connectivity index (χ4n) is 1.88. The van der Waals surface area contributed by atoms with E-state index in [-0.39, 0.29) is 17.9 Å². The quantitative estimate of drug-likeness (QED) is 0.611. The maximum Gasteiger partial charge on any atom is 0.256 e. The van der Waals surface area contributed by atoms with Crippen molar-refractivity contribution in [2.45, 2.75) is 25.8 Å². The van der Waals surface area contributed by atoms with Gasteiger partial charge in [-0.2, -0.15) is 11.8 Å². The van der Waals surface area contributed by atoms with Gasteiger partial charge in [0.05, 0.1) is 0 Å². The molecule has 0 aromatic carbocycles. The molecule has 0 spiro atoms. The van der Waals surface area contributed by atoms with E-state index in [4.69, 9.17) is 0 Å². The highest BCUT2D eigenvalue weighted by Crippen LogP contribution is 2.25. The first-order valence-electron chi connectivity index (χ1n) is 4.83. The van der Waals surface area contributed by atoms with Gasteiger partial charge in [0.2, 0.25) is 0 Å². The van der Waals surface area contributed by atoms with Gasteiger partial charge < -0.3 is 0 Å². The van der Waals surface area contributed by atoms with Crippen LogP contribution in [-0.2, 0) is 9.59 Å². The molecule has 0 radical (unpaired) electrons. The van der Waals surface area contributed by atoms with Gasteiger partial charge in [-0.05, 0) is 25.5 Å². The van der Waals surface area contributed by atoms with E-state index in [2.05, 4.69) is 0 Å². The largest absolute Gasteiger partial charge is 0.271 e. The number of thioether (sulfide) groups is 1. The van der Waals surface area contributed by atoms with Crippen molar-refractivity contribution in [3.8, 4) is 0 Å². The molecule has 1 unspecified atom stereocenters. The number of nitrogens with zero attached hydrogens (tertiary/aromatic N) is 1. The zero-order chi connectivity index (χ0) is 10.1. The van der Waals surface area contributed by atoms with Crippen LogP contribution in [0.2, 0.25) is 0 Å². The molecular formula is C10H13NO2S. The van der Waals surface area contributed by atoms with Gasteiger partial charge in [0.25, 0.3) is 11.8 Å². The normalized spacial score (nSPS) is 28.2. The topological polar surface area (TPSA) is 37.4 Å². The van der Waals surface area contributed by atoms with Crippen molar-refractivity contribution in [1.82, 2.24) is 4.90 Å². The van der Waals surface area contributed by atoms with Crippen molar-refractivity contribution < 1.29 is 9.59 Å². The van der Waals surface area contributed by atoms with Crippen LogP contribution in [0, 0.1) is 0 Å². The summed E-state index contributed by atoms with van der Waals surface area (Å²) >= 11 is 1.83. The van der Waals surface area contributed by atoms with E-state index in [0.717, 1.165) is 24.3 Å². The Morgan fingerprint density at radius 1 is 1.50 bits per heavy atom. The third-order valence-corrected chi connectivity index (χ3v) is 3.83. The number of carbonyl (C=O) groups excluding carboxylic acids is 2. The molecule has 14 heavy (non-hydrogen) atoms. The first-order valence-corrected chi connectivity index (χ1v) is 5.99. The first-order chi connectivity index (χ1) is 6.70. The minimum Gasteiger partial charge on any atom is -0.271 e. The van der Waals surface area contributed by atoms with Gasteiger partial charge in [-0.3, -0.25) is 14.5 Å². The molecule has 0 aromatic rings. The lowest BCUT2D eigenvalue weighted by Crippen LogP contribution is -2.43. The molecule has 1 saturated heterocycles. The predicted octanol–water partition coefficient (Wildman–Crippen LogP) is 1.20. The van der Waals surface area contributed by atoms with Crippen LogP contribution in [0.25, 0.3) is 0 Å². The second kappa shape index (κ2) is 3.77. The SMILES string of the molecule is CC1=CC(=O)N(C2CCCSC2)C1=O. The maximum atomic E-state index is 11.6. The highest BCUT2D eigenvalue weighted by Gasteiger charge is 2.34. The van der Waals surface area contributed by atoms with Crippen molar-refractivity contribution in [2.24, 2.45) is 0 Å². The lowest BCUT2D eigenvalue weighted by atomic mass is 10.1. The monoisotopic (exact) mass is 211 g/mol. The smallest absolute Gasteiger partial charge is 0.256 e. The van der Waals surface area contributed by atoms with Gasteiger partial charge in [-0.1, -0.05) is 0 Å². The van der Waals surface area contributed by atoms with E-state index >= 15 is 0 Å². The van der Waals surface area contributed by atoms with Crippen molar-refractivity contribution in [3.63, 3.8) is 0 Å². The van der Waals surface area contributed by atoms with Gasteiger partial charge in [0.1, 0.15) is 0 Å². The van der Waals surface area contributed by atoms with Crippen molar-refractivity contribution in [3.05, 3.63) is 11.6 Å². The summed E-state index contributed by atoms with van der Waals surface area (Å²) in [4.78, 5) is 24.6. The predicted molar refractivity (Wildman–Crippen MR) is 56.0 cm³/mol. The lowest BCUT2D eigenvalue weighted by molar-refractivity contribution is -0.139. The van der Waals surface area contributed by atoms with Gasteiger partial charge in [0, 0.05) is 23.4 Å². The molecule has 0 saturated carbocycles. The summed E-state index contributed by atoms with van der Waals surface area (Å²) < 4.78 is 0. The molecule has 4 heteroatoms. The molecule has 1 fully saturated rings. The minimum absolute atomic E-state index is 0.0949. The molecule has 76 valence electrons. The molecule has 3 nitrogen and oxygen atoms in total. The van der Waals surface area contributed by atoms with Crippen LogP contribution < -0.4 is 0 Å². The summed E-state index contributed by atoms with van der Waals surface area (Å²) in [6.45, 7) is 1.70. The average molecular weight is 211 g/mol. The standard InChI is InChI=1S/C10H13NO2S/c1-7-5-9(12)11(10(7)13)8-3-2-4-14-6-8/h5,8H,2-4,6H2,1H3. The average Bonchev–Trinajstić information content (AvgIpc) is 2.43. The molecule has 0 aliphatic carbocycles. The molecule has 0 bridgehead atoms. The highest BCUT2D eigenvalue weighted by atomic mass is 32.2. The van der Waals surface area contributed by atoms with Crippen LogP contribution in [-0.4, -0.2) is 34.3 Å². The van der Waals surface area contributed by atoms with Gasteiger partial charge in [0.15, 0.2) is 0 Å². The summed E-state index contributed by atoms with van der Waals surface area (Å²) in [7, 11) is 0. The van der Waals surface area contributed by atoms with Crippen molar-refractivity contribution in [2.75, 3.05) is 11.5 Å². The molecule has 1 atom stereocenters. The Labute approximate surface area is 87.5 Å². The number of carbonyl (C=O) groups is 2. The Kier molecular flexibility index (Phi) is 2.63. The third-order valence-electron chi connectivity index (χ3n) is 2.63. The number of hydrogen-bond acceptors (Lipinski definition) is 3. The van der Waals surface area contributed by atoms with Gasteiger partial charge in [-0.25, -0.2) is 0 Å². The first kappa shape index (κ1) is 9.77. The van der Waals surface area contributed by atoms with E-state index in [1.165, 1.54) is 11.0 Å². The molecule has 2 heterocycles. The second-order valence-corrected chi connectivity index (χ2v) is 4.86. The maximum absolute atomic E-state index is 11.6. The second-order valence-electron chi connectivity index (χ2n) is 3.71. The Hall–Kier alpha value is -0.770. The minimum atomic E-state index is -0.125. The molecule has 2 aliphatic heterocycles. The molecular weight excluding hydrogens is 198 g/mol. The molecule has 2 aliphatic rings. The van der Waals surface area contributed by atoms with Gasteiger partial charge in [-0.15, -0.1) is 0 Å². The lowest BCUT2D eigenvalue weighted by Gasteiger charge is -2.29. The van der Waals surface area contributed by atoms with Crippen LogP contribution in [0.4, 0.5) is 0 Å². The summed E-state index contributed by atoms with van der Waals surface area (Å²) in [6, 6.07) is 0.127. The number of hydrogen-bond donors (Lipinski definition) is 0. The Balaban J connectivity index is 2.11. The fourth-order valence-corrected chi connectivity index (χ4v) is 3.00. The van der Waals surface area contributed by atoms with Crippen molar-refractivity contribution in [1.29, 1.82) is 0 Å². The third kappa shape index (κ3) is 1.59. The summed E-state index contributed by atoms with van der Waals surface area (Å²) in [5.41, 5.74) is 0.575. The number of rotatable bonds is 1. The molecule has 0 N–H and O–H groups in total.